The van der Waals surface area contributed by atoms with E-state index < -0.39 is 6.09 Å². The van der Waals surface area contributed by atoms with Crippen LogP contribution in [0.25, 0.3) is 0 Å². The second-order valence-electron chi connectivity index (χ2n) is 9.27. The van der Waals surface area contributed by atoms with Crippen molar-refractivity contribution < 1.29 is 15.0 Å². The Balaban J connectivity index is 1.88. The summed E-state index contributed by atoms with van der Waals surface area (Å²) >= 11 is 1.86. The molecule has 33 heavy (non-hydrogen) atoms. The van der Waals surface area contributed by atoms with Gasteiger partial charge in [0.25, 0.3) is 0 Å². The number of phenols is 1. The average molecular weight is 480 g/mol. The molecule has 0 saturated carbocycles. The lowest BCUT2D eigenvalue weighted by Gasteiger charge is -2.19. The molecule has 0 fully saturated rings. The highest BCUT2D eigenvalue weighted by molar-refractivity contribution is 7.99. The maximum Gasteiger partial charge on any atom is 0.407 e. The normalized spacial score (nSPS) is 11.1. The number of phenolic OH excluding ortho intramolecular Hbond substituents is 1. The highest BCUT2D eigenvalue weighted by Gasteiger charge is 2.10. The van der Waals surface area contributed by atoms with Crippen LogP contribution in [0.1, 0.15) is 116 Å². The van der Waals surface area contributed by atoms with Gasteiger partial charge < -0.3 is 15.1 Å². The zero-order valence-electron chi connectivity index (χ0n) is 21.1. The number of rotatable bonds is 22. The van der Waals surface area contributed by atoms with E-state index in [4.69, 9.17) is 0 Å². The molecule has 4 nitrogen and oxygen atoms in total. The van der Waals surface area contributed by atoms with Gasteiger partial charge in [-0.05, 0) is 49.3 Å². The Labute approximate surface area is 207 Å². The second-order valence-corrected chi connectivity index (χ2v) is 10.4. The maximum atomic E-state index is 11.5. The number of amides is 1. The van der Waals surface area contributed by atoms with E-state index in [0.717, 1.165) is 31.4 Å². The molecule has 0 spiro atoms. The van der Waals surface area contributed by atoms with Crippen molar-refractivity contribution in [1.82, 2.24) is 4.90 Å². The van der Waals surface area contributed by atoms with Crippen molar-refractivity contribution in [2.75, 3.05) is 18.8 Å². The van der Waals surface area contributed by atoms with Crippen LogP contribution in [0.15, 0.2) is 29.2 Å². The van der Waals surface area contributed by atoms with E-state index in [9.17, 15) is 15.0 Å². The molecular weight excluding hydrogens is 430 g/mol. The molecule has 190 valence electrons. The number of benzene rings is 1. The molecule has 2 N–H and O–H groups in total. The van der Waals surface area contributed by atoms with Gasteiger partial charge in [0.2, 0.25) is 0 Å². The molecule has 0 radical (unpaired) electrons. The van der Waals surface area contributed by atoms with Crippen molar-refractivity contribution in [1.29, 1.82) is 0 Å². The first-order chi connectivity index (χ1) is 16.1. The first-order valence-corrected chi connectivity index (χ1v) is 14.5. The fraction of sp³-hybridized carbons (Fsp3) is 0.750. The number of carbonyl (C=O) groups is 1. The number of thioether (sulfide) groups is 1. The topological polar surface area (TPSA) is 60.8 Å². The zero-order valence-corrected chi connectivity index (χ0v) is 21.9. The fourth-order valence-corrected chi connectivity index (χ4v) is 5.03. The third kappa shape index (κ3) is 17.7. The Bertz CT molecular complexity index is 579. The largest absolute Gasteiger partial charge is 0.508 e. The molecule has 0 aliphatic rings. The van der Waals surface area contributed by atoms with E-state index in [0.29, 0.717) is 18.8 Å². The van der Waals surface area contributed by atoms with Crippen molar-refractivity contribution in [2.24, 2.45) is 0 Å². The summed E-state index contributed by atoms with van der Waals surface area (Å²) < 4.78 is 0. The molecule has 0 aliphatic heterocycles. The molecule has 1 aromatic carbocycles. The van der Waals surface area contributed by atoms with Gasteiger partial charge in [-0.1, -0.05) is 96.8 Å². The minimum Gasteiger partial charge on any atom is -0.508 e. The molecule has 5 heteroatoms. The zero-order chi connectivity index (χ0) is 24.0. The first-order valence-electron chi connectivity index (χ1n) is 13.5. The number of carboxylic acid groups (broad SMARTS) is 1. The number of hydrogen-bond acceptors (Lipinski definition) is 3. The second kappa shape index (κ2) is 21.2. The van der Waals surface area contributed by atoms with Crippen LogP contribution < -0.4 is 0 Å². The van der Waals surface area contributed by atoms with E-state index in [2.05, 4.69) is 6.92 Å². The van der Waals surface area contributed by atoms with Crippen molar-refractivity contribution in [3.63, 3.8) is 0 Å². The summed E-state index contributed by atoms with van der Waals surface area (Å²) in [7, 11) is 0. The van der Waals surface area contributed by atoms with Gasteiger partial charge >= 0.3 is 6.09 Å². The van der Waals surface area contributed by atoms with Gasteiger partial charge in [-0.25, -0.2) is 4.79 Å². The summed E-state index contributed by atoms with van der Waals surface area (Å²) in [6.07, 6.45) is 20.4. The lowest BCUT2D eigenvalue weighted by molar-refractivity contribution is 0.143. The van der Waals surface area contributed by atoms with Crippen LogP contribution in [-0.2, 0) is 0 Å². The summed E-state index contributed by atoms with van der Waals surface area (Å²) in [5.41, 5.74) is 0. The van der Waals surface area contributed by atoms with Gasteiger partial charge in [-0.2, -0.15) is 0 Å². The van der Waals surface area contributed by atoms with Crippen molar-refractivity contribution in [3.8, 4) is 5.75 Å². The van der Waals surface area contributed by atoms with Crippen LogP contribution in [0.4, 0.5) is 4.79 Å². The van der Waals surface area contributed by atoms with E-state index in [1.165, 1.54) is 88.4 Å². The monoisotopic (exact) mass is 479 g/mol. The molecule has 1 rings (SSSR count). The highest BCUT2D eigenvalue weighted by Crippen LogP contribution is 2.22. The minimum atomic E-state index is -0.749. The van der Waals surface area contributed by atoms with Crippen molar-refractivity contribution in [2.45, 2.75) is 121 Å². The van der Waals surface area contributed by atoms with E-state index >= 15 is 0 Å². The smallest absolute Gasteiger partial charge is 0.407 e. The molecule has 0 bridgehead atoms. The number of hydrogen-bond donors (Lipinski definition) is 2. The van der Waals surface area contributed by atoms with E-state index in [1.54, 1.807) is 17.0 Å². The van der Waals surface area contributed by atoms with Crippen LogP contribution in [0.2, 0.25) is 0 Å². The lowest BCUT2D eigenvalue weighted by atomic mass is 10.1. The summed E-state index contributed by atoms with van der Waals surface area (Å²) in [5.74, 6) is 1.47. The predicted octanol–water partition coefficient (Wildman–Crippen LogP) is 9.12. The molecule has 1 aromatic rings. The molecule has 0 atom stereocenters. The summed E-state index contributed by atoms with van der Waals surface area (Å²) in [5, 5.41) is 18.7. The summed E-state index contributed by atoms with van der Waals surface area (Å²) in [4.78, 5) is 14.3. The van der Waals surface area contributed by atoms with Gasteiger partial charge in [0.1, 0.15) is 5.75 Å². The molecule has 0 heterocycles. The van der Waals surface area contributed by atoms with Crippen LogP contribution in [0.3, 0.4) is 0 Å². The first kappa shape index (κ1) is 29.7. The van der Waals surface area contributed by atoms with Crippen molar-refractivity contribution in [3.05, 3.63) is 24.3 Å². The Morgan fingerprint density at radius 3 is 1.58 bits per heavy atom. The predicted molar refractivity (Wildman–Crippen MR) is 143 cm³/mol. The Morgan fingerprint density at radius 2 is 1.12 bits per heavy atom. The minimum absolute atomic E-state index is 0.331. The molecular formula is C28H49NO3S. The van der Waals surface area contributed by atoms with Gasteiger partial charge in [0, 0.05) is 18.0 Å². The van der Waals surface area contributed by atoms with Crippen LogP contribution >= 0.6 is 11.8 Å². The van der Waals surface area contributed by atoms with Crippen LogP contribution in [0.5, 0.6) is 5.75 Å². The summed E-state index contributed by atoms with van der Waals surface area (Å²) in [6.45, 7) is 3.64. The lowest BCUT2D eigenvalue weighted by Crippen LogP contribution is -2.31. The third-order valence-corrected chi connectivity index (χ3v) is 7.33. The van der Waals surface area contributed by atoms with Gasteiger partial charge in [-0.15, -0.1) is 11.8 Å². The number of unbranched alkanes of at least 4 members (excludes halogenated alkanes) is 15. The van der Waals surface area contributed by atoms with Crippen molar-refractivity contribution >= 4 is 17.9 Å². The summed E-state index contributed by atoms with van der Waals surface area (Å²) in [6, 6.07) is 7.45. The Kier molecular flexibility index (Phi) is 19.1. The molecule has 0 saturated heterocycles. The average Bonchev–Trinajstić information content (AvgIpc) is 2.81. The van der Waals surface area contributed by atoms with Gasteiger partial charge in [0.15, 0.2) is 0 Å². The molecule has 0 unspecified atom stereocenters. The maximum absolute atomic E-state index is 11.5. The fourth-order valence-electron chi connectivity index (χ4n) is 4.11. The van der Waals surface area contributed by atoms with Crippen LogP contribution in [0, 0.1) is 0 Å². The van der Waals surface area contributed by atoms with Crippen LogP contribution in [-0.4, -0.2) is 40.0 Å². The Hall–Kier alpha value is -1.36. The standard InChI is InChI=1S/C28H49NO3S/c1-2-3-4-5-6-10-13-16-23-29(28(31)32)24-17-14-11-8-7-9-12-15-18-25-33-27-21-19-26(30)20-22-27/h19-22,30H,2-18,23-25H2,1H3,(H,31,32). The third-order valence-electron chi connectivity index (χ3n) is 6.23. The molecule has 0 aliphatic carbocycles. The number of aromatic hydroxyl groups is 1. The molecule has 0 aromatic heterocycles. The quantitative estimate of drug-likeness (QED) is 0.129. The highest BCUT2D eigenvalue weighted by atomic mass is 32.2. The SMILES string of the molecule is CCCCCCCCCCN(CCCCCCCCCCCSc1ccc(O)cc1)C(=O)O. The van der Waals surface area contributed by atoms with E-state index in [-0.39, 0.29) is 0 Å². The number of nitrogens with zero attached hydrogens (tertiary/aromatic N) is 1. The van der Waals surface area contributed by atoms with Gasteiger partial charge in [0.05, 0.1) is 0 Å². The Morgan fingerprint density at radius 1 is 0.697 bits per heavy atom. The van der Waals surface area contributed by atoms with E-state index in [1.807, 2.05) is 23.9 Å². The van der Waals surface area contributed by atoms with Gasteiger partial charge in [-0.3, -0.25) is 0 Å². The molecule has 1 amide bonds.